The molecule has 1 aromatic heterocycles. The van der Waals surface area contributed by atoms with E-state index in [-0.39, 0.29) is 5.91 Å². The van der Waals surface area contributed by atoms with Gasteiger partial charge >= 0.3 is 0 Å². The molecule has 0 fully saturated rings. The third kappa shape index (κ3) is 3.91. The first-order valence-electron chi connectivity index (χ1n) is 5.86. The molecule has 2 aromatic rings. The summed E-state index contributed by atoms with van der Waals surface area (Å²) in [6.07, 6.45) is 0. The van der Waals surface area contributed by atoms with Crippen molar-refractivity contribution in [3.63, 3.8) is 0 Å². The minimum Gasteiger partial charge on any atom is -0.325 e. The zero-order valence-electron chi connectivity index (χ0n) is 11.0. The fourth-order valence-corrected chi connectivity index (χ4v) is 3.10. The van der Waals surface area contributed by atoms with Crippen LogP contribution in [-0.2, 0) is 4.79 Å². The number of aryl methyl sites for hydroxylation is 2. The lowest BCUT2D eigenvalue weighted by Gasteiger charge is -2.06. The topological polar surface area (TPSA) is 57.8 Å². The van der Waals surface area contributed by atoms with Crippen molar-refractivity contribution in [2.75, 3.05) is 11.1 Å². The molecule has 0 radical (unpaired) electrons. The number of halogens is 2. The highest BCUT2D eigenvalue weighted by Gasteiger charge is 2.10. The number of carbonyl (C=O) groups is 1. The Morgan fingerprint density at radius 2 is 1.95 bits per heavy atom. The van der Waals surface area contributed by atoms with Crippen LogP contribution in [0.5, 0.6) is 0 Å². The first-order chi connectivity index (χ1) is 9.45. The largest absolute Gasteiger partial charge is 0.325 e. The highest BCUT2D eigenvalue weighted by atomic mass is 35.5. The highest BCUT2D eigenvalue weighted by Crippen LogP contribution is 2.25. The van der Waals surface area contributed by atoms with Crippen LogP contribution >= 0.6 is 35.0 Å². The summed E-state index contributed by atoms with van der Waals surface area (Å²) in [6.45, 7) is 3.83. The number of hydrogen-bond donors (Lipinski definition) is 2. The van der Waals surface area contributed by atoms with E-state index in [1.165, 1.54) is 11.8 Å². The van der Waals surface area contributed by atoms with E-state index in [1.807, 2.05) is 13.8 Å². The normalized spacial score (nSPS) is 10.6. The zero-order chi connectivity index (χ0) is 14.7. The molecule has 1 heterocycles. The van der Waals surface area contributed by atoms with Crippen molar-refractivity contribution >= 4 is 46.6 Å². The van der Waals surface area contributed by atoms with Gasteiger partial charge in [0.25, 0.3) is 0 Å². The lowest BCUT2D eigenvalue weighted by molar-refractivity contribution is -0.113. The molecule has 0 bridgehead atoms. The van der Waals surface area contributed by atoms with Crippen LogP contribution in [-0.4, -0.2) is 21.9 Å². The van der Waals surface area contributed by atoms with E-state index >= 15 is 0 Å². The molecule has 0 unspecified atom stereocenters. The van der Waals surface area contributed by atoms with Gasteiger partial charge in [0.15, 0.2) is 0 Å². The number of amides is 1. The van der Waals surface area contributed by atoms with Gasteiger partial charge in [0.05, 0.1) is 16.3 Å². The molecule has 20 heavy (non-hydrogen) atoms. The second-order valence-electron chi connectivity index (χ2n) is 4.26. The van der Waals surface area contributed by atoms with Gasteiger partial charge in [0.2, 0.25) is 5.91 Å². The van der Waals surface area contributed by atoms with E-state index in [9.17, 15) is 4.79 Å². The van der Waals surface area contributed by atoms with E-state index < -0.39 is 0 Å². The Labute approximate surface area is 131 Å². The van der Waals surface area contributed by atoms with Gasteiger partial charge < -0.3 is 5.32 Å². The molecule has 1 amide bonds. The maximum absolute atomic E-state index is 11.9. The van der Waals surface area contributed by atoms with Gasteiger partial charge in [-0.1, -0.05) is 23.2 Å². The molecular weight excluding hydrogens is 317 g/mol. The number of hydrogen-bond acceptors (Lipinski definition) is 3. The minimum atomic E-state index is -0.117. The van der Waals surface area contributed by atoms with Crippen molar-refractivity contribution in [3.8, 4) is 0 Å². The Morgan fingerprint density at radius 1 is 1.30 bits per heavy atom. The molecule has 1 aromatic carbocycles. The third-order valence-corrected chi connectivity index (χ3v) is 4.29. The fraction of sp³-hybridized carbons (Fsp3) is 0.231. The van der Waals surface area contributed by atoms with Crippen LogP contribution in [0.15, 0.2) is 23.1 Å². The number of carbonyl (C=O) groups excluding carboxylic acids is 1. The first kappa shape index (κ1) is 15.2. The molecule has 106 valence electrons. The maximum Gasteiger partial charge on any atom is 0.234 e. The lowest BCUT2D eigenvalue weighted by atomic mass is 10.3. The van der Waals surface area contributed by atoms with E-state index in [2.05, 4.69) is 15.5 Å². The van der Waals surface area contributed by atoms with E-state index in [1.54, 1.807) is 18.2 Å². The number of aromatic amines is 1. The van der Waals surface area contributed by atoms with Crippen molar-refractivity contribution in [1.82, 2.24) is 10.2 Å². The second kappa shape index (κ2) is 6.52. The number of thioether (sulfide) groups is 1. The van der Waals surface area contributed by atoms with Crippen molar-refractivity contribution in [3.05, 3.63) is 39.6 Å². The molecule has 2 rings (SSSR count). The van der Waals surface area contributed by atoms with Crippen LogP contribution in [0.4, 0.5) is 5.69 Å². The molecule has 0 aliphatic carbocycles. The Morgan fingerprint density at radius 3 is 2.50 bits per heavy atom. The number of anilines is 1. The molecule has 4 nitrogen and oxygen atoms in total. The van der Waals surface area contributed by atoms with Crippen molar-refractivity contribution in [1.29, 1.82) is 0 Å². The second-order valence-corrected chi connectivity index (χ2v) is 6.12. The standard InChI is InChI=1S/C13H13Cl2N3OS/c1-7-13(8(2)18-17-7)20-6-12(19)16-11-4-9(14)3-10(15)5-11/h3-5H,6H2,1-2H3,(H,16,19)(H,17,18). The van der Waals surface area contributed by atoms with Crippen LogP contribution in [0, 0.1) is 13.8 Å². The fourth-order valence-electron chi connectivity index (χ4n) is 1.71. The van der Waals surface area contributed by atoms with Crippen LogP contribution in [0.25, 0.3) is 0 Å². The summed E-state index contributed by atoms with van der Waals surface area (Å²) >= 11 is 13.2. The van der Waals surface area contributed by atoms with Gasteiger partial charge in [-0.2, -0.15) is 5.10 Å². The summed E-state index contributed by atoms with van der Waals surface area (Å²) in [5.41, 5.74) is 2.45. The van der Waals surface area contributed by atoms with Crippen LogP contribution < -0.4 is 5.32 Å². The van der Waals surface area contributed by atoms with Crippen molar-refractivity contribution in [2.45, 2.75) is 18.7 Å². The molecule has 0 aliphatic heterocycles. The Bertz CT molecular complexity index is 603. The van der Waals surface area contributed by atoms with Crippen molar-refractivity contribution < 1.29 is 4.79 Å². The van der Waals surface area contributed by atoms with Gasteiger partial charge in [-0.15, -0.1) is 11.8 Å². The number of nitrogens with zero attached hydrogens (tertiary/aromatic N) is 1. The molecule has 0 spiro atoms. The zero-order valence-corrected chi connectivity index (χ0v) is 13.3. The summed E-state index contributed by atoms with van der Waals surface area (Å²) in [5.74, 6) is 0.180. The van der Waals surface area contributed by atoms with Crippen LogP contribution in [0.1, 0.15) is 11.4 Å². The number of rotatable bonds is 4. The number of benzene rings is 1. The monoisotopic (exact) mass is 329 g/mol. The average Bonchev–Trinajstić information content (AvgIpc) is 2.65. The van der Waals surface area contributed by atoms with Gasteiger partial charge in [0.1, 0.15) is 0 Å². The Balaban J connectivity index is 1.96. The smallest absolute Gasteiger partial charge is 0.234 e. The molecule has 0 aliphatic rings. The van der Waals surface area contributed by atoms with Gasteiger partial charge in [0, 0.05) is 21.4 Å². The Kier molecular flexibility index (Phi) is 4.96. The van der Waals surface area contributed by atoms with E-state index in [4.69, 9.17) is 23.2 Å². The summed E-state index contributed by atoms with van der Waals surface area (Å²) in [7, 11) is 0. The maximum atomic E-state index is 11.9. The molecule has 2 N–H and O–H groups in total. The highest BCUT2D eigenvalue weighted by molar-refractivity contribution is 8.00. The predicted octanol–water partition coefficient (Wildman–Crippen LogP) is 4.06. The van der Waals surface area contributed by atoms with E-state index in [0.717, 1.165) is 16.3 Å². The lowest BCUT2D eigenvalue weighted by Crippen LogP contribution is -2.14. The Hall–Kier alpha value is -1.17. The summed E-state index contributed by atoms with van der Waals surface area (Å²) < 4.78 is 0. The third-order valence-electron chi connectivity index (χ3n) is 2.55. The number of nitrogens with one attached hydrogen (secondary N) is 2. The first-order valence-corrected chi connectivity index (χ1v) is 7.60. The quantitative estimate of drug-likeness (QED) is 0.831. The number of H-pyrrole nitrogens is 1. The van der Waals surface area contributed by atoms with E-state index in [0.29, 0.717) is 21.5 Å². The molecule has 7 heteroatoms. The average molecular weight is 330 g/mol. The van der Waals surface area contributed by atoms with Gasteiger partial charge in [-0.05, 0) is 32.0 Å². The van der Waals surface area contributed by atoms with Gasteiger partial charge in [-0.3, -0.25) is 9.89 Å². The number of aromatic nitrogens is 2. The molecule has 0 saturated heterocycles. The summed E-state index contributed by atoms with van der Waals surface area (Å²) in [5, 5.41) is 10.7. The molecule has 0 atom stereocenters. The molecular formula is C13H13Cl2N3OS. The summed E-state index contributed by atoms with van der Waals surface area (Å²) in [4.78, 5) is 12.9. The van der Waals surface area contributed by atoms with Crippen LogP contribution in [0.3, 0.4) is 0 Å². The van der Waals surface area contributed by atoms with Gasteiger partial charge in [-0.25, -0.2) is 0 Å². The summed E-state index contributed by atoms with van der Waals surface area (Å²) in [6, 6.07) is 4.93. The molecule has 0 saturated carbocycles. The minimum absolute atomic E-state index is 0.117. The SMILES string of the molecule is Cc1n[nH]c(C)c1SCC(=O)Nc1cc(Cl)cc(Cl)c1. The van der Waals surface area contributed by atoms with Crippen LogP contribution in [0.2, 0.25) is 10.0 Å². The van der Waals surface area contributed by atoms with Crippen molar-refractivity contribution in [2.24, 2.45) is 0 Å². The predicted molar refractivity (Wildman–Crippen MR) is 83.9 cm³/mol.